The summed E-state index contributed by atoms with van der Waals surface area (Å²) in [7, 11) is 0. The highest BCUT2D eigenvalue weighted by atomic mass is 35.5. The molecule has 1 aromatic carbocycles. The second-order valence-electron chi connectivity index (χ2n) is 5.69. The number of hydrogen-bond donors (Lipinski definition) is 2. The highest BCUT2D eigenvalue weighted by Gasteiger charge is 2.22. The SMILES string of the molecule is CCOC(=O)NCCC(=O)NCC(C)(C)c1ccc(Cl)c(Cl)c1. The van der Waals surface area contributed by atoms with Gasteiger partial charge in [0.2, 0.25) is 5.91 Å². The molecule has 1 rings (SSSR count). The Balaban J connectivity index is 2.44. The Morgan fingerprint density at radius 1 is 1.17 bits per heavy atom. The molecule has 128 valence electrons. The van der Waals surface area contributed by atoms with Crippen molar-refractivity contribution in [2.24, 2.45) is 0 Å². The Morgan fingerprint density at radius 3 is 2.48 bits per heavy atom. The lowest BCUT2D eigenvalue weighted by atomic mass is 9.84. The first-order chi connectivity index (χ1) is 10.8. The van der Waals surface area contributed by atoms with Crippen molar-refractivity contribution >= 4 is 35.2 Å². The van der Waals surface area contributed by atoms with Crippen LogP contribution in [0.3, 0.4) is 0 Å². The van der Waals surface area contributed by atoms with E-state index in [-0.39, 0.29) is 24.3 Å². The molecule has 0 aliphatic rings. The zero-order chi connectivity index (χ0) is 17.5. The van der Waals surface area contributed by atoms with Crippen LogP contribution in [0, 0.1) is 0 Å². The molecule has 0 saturated heterocycles. The summed E-state index contributed by atoms with van der Waals surface area (Å²) >= 11 is 12.0. The molecular formula is C16H22Cl2N2O3. The molecule has 0 saturated carbocycles. The molecule has 0 aliphatic heterocycles. The maximum absolute atomic E-state index is 11.8. The number of halogens is 2. The lowest BCUT2D eigenvalue weighted by Gasteiger charge is -2.26. The van der Waals surface area contributed by atoms with E-state index in [0.717, 1.165) is 5.56 Å². The van der Waals surface area contributed by atoms with Gasteiger partial charge in [-0.15, -0.1) is 0 Å². The molecule has 0 bridgehead atoms. The third-order valence-electron chi connectivity index (χ3n) is 3.33. The van der Waals surface area contributed by atoms with Crippen LogP contribution in [0.2, 0.25) is 10.0 Å². The van der Waals surface area contributed by atoms with Gasteiger partial charge in [-0.2, -0.15) is 0 Å². The number of hydrogen-bond acceptors (Lipinski definition) is 3. The van der Waals surface area contributed by atoms with E-state index in [1.54, 1.807) is 19.1 Å². The van der Waals surface area contributed by atoms with E-state index < -0.39 is 6.09 Å². The molecule has 0 aromatic heterocycles. The Bertz CT molecular complexity index is 562. The second-order valence-corrected chi connectivity index (χ2v) is 6.50. The monoisotopic (exact) mass is 360 g/mol. The number of amides is 2. The normalized spacial score (nSPS) is 11.0. The number of carbonyl (C=O) groups excluding carboxylic acids is 2. The summed E-state index contributed by atoms with van der Waals surface area (Å²) in [5.41, 5.74) is 0.690. The lowest BCUT2D eigenvalue weighted by Crippen LogP contribution is -2.38. The summed E-state index contributed by atoms with van der Waals surface area (Å²) in [5, 5.41) is 6.35. The van der Waals surface area contributed by atoms with Crippen molar-refractivity contribution in [3.63, 3.8) is 0 Å². The van der Waals surface area contributed by atoms with Crippen molar-refractivity contribution in [1.29, 1.82) is 0 Å². The van der Waals surface area contributed by atoms with E-state index in [1.165, 1.54) is 0 Å². The molecular weight excluding hydrogens is 339 g/mol. The van der Waals surface area contributed by atoms with Gasteiger partial charge in [0.15, 0.2) is 0 Å². The Labute approximate surface area is 146 Å². The summed E-state index contributed by atoms with van der Waals surface area (Å²) in [6.07, 6.45) is -0.326. The van der Waals surface area contributed by atoms with E-state index in [4.69, 9.17) is 27.9 Å². The molecule has 0 spiro atoms. The lowest BCUT2D eigenvalue weighted by molar-refractivity contribution is -0.121. The van der Waals surface area contributed by atoms with Crippen molar-refractivity contribution in [2.75, 3.05) is 19.7 Å². The smallest absolute Gasteiger partial charge is 0.407 e. The number of benzene rings is 1. The Hall–Kier alpha value is -1.46. The van der Waals surface area contributed by atoms with Crippen LogP contribution in [-0.4, -0.2) is 31.7 Å². The fourth-order valence-corrected chi connectivity index (χ4v) is 2.19. The summed E-state index contributed by atoms with van der Waals surface area (Å²) in [6, 6.07) is 5.44. The number of alkyl carbamates (subject to hydrolysis) is 1. The van der Waals surface area contributed by atoms with E-state index in [1.807, 2.05) is 19.9 Å². The van der Waals surface area contributed by atoms with Crippen molar-refractivity contribution in [2.45, 2.75) is 32.6 Å². The first kappa shape index (κ1) is 19.6. The topological polar surface area (TPSA) is 67.4 Å². The van der Waals surface area contributed by atoms with Crippen LogP contribution < -0.4 is 10.6 Å². The largest absolute Gasteiger partial charge is 0.450 e. The predicted octanol–water partition coefficient (Wildman–Crippen LogP) is 3.52. The van der Waals surface area contributed by atoms with Crippen molar-refractivity contribution in [3.8, 4) is 0 Å². The summed E-state index contributed by atoms with van der Waals surface area (Å²) in [5.74, 6) is -0.144. The van der Waals surface area contributed by atoms with Crippen LogP contribution in [0.4, 0.5) is 4.79 Å². The Morgan fingerprint density at radius 2 is 1.87 bits per heavy atom. The molecule has 2 N–H and O–H groups in total. The average Bonchev–Trinajstić information content (AvgIpc) is 2.48. The minimum absolute atomic E-state index is 0.144. The maximum Gasteiger partial charge on any atom is 0.407 e. The highest BCUT2D eigenvalue weighted by molar-refractivity contribution is 6.42. The molecule has 0 unspecified atom stereocenters. The molecule has 0 atom stereocenters. The van der Waals surface area contributed by atoms with Gasteiger partial charge >= 0.3 is 6.09 Å². The molecule has 0 heterocycles. The summed E-state index contributed by atoms with van der Waals surface area (Å²) in [4.78, 5) is 22.9. The second kappa shape index (κ2) is 8.99. The number of ether oxygens (including phenoxy) is 1. The van der Waals surface area contributed by atoms with Crippen LogP contribution in [0.5, 0.6) is 0 Å². The van der Waals surface area contributed by atoms with E-state index >= 15 is 0 Å². The first-order valence-electron chi connectivity index (χ1n) is 7.39. The summed E-state index contributed by atoms with van der Waals surface area (Å²) in [6.45, 7) is 6.71. The minimum Gasteiger partial charge on any atom is -0.450 e. The third-order valence-corrected chi connectivity index (χ3v) is 4.06. The molecule has 2 amide bonds. The third kappa shape index (κ3) is 6.67. The van der Waals surface area contributed by atoms with Gasteiger partial charge in [0, 0.05) is 24.9 Å². The van der Waals surface area contributed by atoms with Gasteiger partial charge in [-0.05, 0) is 24.6 Å². The van der Waals surface area contributed by atoms with Crippen molar-refractivity contribution in [1.82, 2.24) is 10.6 Å². The zero-order valence-corrected chi connectivity index (χ0v) is 15.1. The molecule has 7 heteroatoms. The fourth-order valence-electron chi connectivity index (χ4n) is 1.89. The maximum atomic E-state index is 11.8. The van der Waals surface area contributed by atoms with Gasteiger partial charge in [0.25, 0.3) is 0 Å². The quantitative estimate of drug-likeness (QED) is 0.781. The predicted molar refractivity (Wildman–Crippen MR) is 92.1 cm³/mol. The molecule has 5 nitrogen and oxygen atoms in total. The molecule has 0 radical (unpaired) electrons. The number of nitrogens with one attached hydrogen (secondary N) is 2. The van der Waals surface area contributed by atoms with Crippen LogP contribution in [-0.2, 0) is 14.9 Å². The van der Waals surface area contributed by atoms with Crippen LogP contribution >= 0.6 is 23.2 Å². The molecule has 0 fully saturated rings. The highest BCUT2D eigenvalue weighted by Crippen LogP contribution is 2.29. The molecule has 23 heavy (non-hydrogen) atoms. The van der Waals surface area contributed by atoms with Crippen molar-refractivity contribution in [3.05, 3.63) is 33.8 Å². The fraction of sp³-hybridized carbons (Fsp3) is 0.500. The number of carbonyl (C=O) groups is 2. The van der Waals surface area contributed by atoms with Gasteiger partial charge < -0.3 is 15.4 Å². The first-order valence-corrected chi connectivity index (χ1v) is 8.14. The number of rotatable bonds is 7. The van der Waals surface area contributed by atoms with Gasteiger partial charge in [0.1, 0.15) is 0 Å². The average molecular weight is 361 g/mol. The van der Waals surface area contributed by atoms with Crippen LogP contribution in [0.1, 0.15) is 32.8 Å². The Kier molecular flexibility index (Phi) is 7.65. The molecule has 0 aliphatic carbocycles. The van der Waals surface area contributed by atoms with Crippen molar-refractivity contribution < 1.29 is 14.3 Å². The van der Waals surface area contributed by atoms with Crippen LogP contribution in [0.25, 0.3) is 0 Å². The van der Waals surface area contributed by atoms with Gasteiger partial charge in [-0.3, -0.25) is 4.79 Å². The minimum atomic E-state index is -0.517. The van der Waals surface area contributed by atoms with E-state index in [9.17, 15) is 9.59 Å². The molecule has 1 aromatic rings. The standard InChI is InChI=1S/C16H22Cl2N2O3/c1-4-23-15(22)19-8-7-14(21)20-10-16(2,3)11-5-6-12(17)13(18)9-11/h5-6,9H,4,7-8,10H2,1-3H3,(H,19,22)(H,20,21). The van der Waals surface area contributed by atoms with Gasteiger partial charge in [-0.1, -0.05) is 43.1 Å². The van der Waals surface area contributed by atoms with E-state index in [2.05, 4.69) is 10.6 Å². The summed E-state index contributed by atoms with van der Waals surface area (Å²) < 4.78 is 4.71. The van der Waals surface area contributed by atoms with Crippen LogP contribution in [0.15, 0.2) is 18.2 Å². The van der Waals surface area contributed by atoms with E-state index in [0.29, 0.717) is 23.2 Å². The van der Waals surface area contributed by atoms with Gasteiger partial charge in [-0.25, -0.2) is 4.79 Å². The zero-order valence-electron chi connectivity index (χ0n) is 13.5. The van der Waals surface area contributed by atoms with Gasteiger partial charge in [0.05, 0.1) is 16.7 Å².